The Morgan fingerprint density at radius 1 is 1.42 bits per heavy atom. The normalized spacial score (nSPS) is 24.3. The van der Waals surface area contributed by atoms with E-state index in [9.17, 15) is 13.5 Å². The van der Waals surface area contributed by atoms with Gasteiger partial charge in [-0.3, -0.25) is 0 Å². The molecule has 3 rings (SSSR count). The number of likely N-dealkylation sites (tertiary alicyclic amines) is 1. The predicted molar refractivity (Wildman–Crippen MR) is 100 cm³/mol. The van der Waals surface area contributed by atoms with Crippen molar-refractivity contribution in [2.45, 2.75) is 42.1 Å². The highest BCUT2D eigenvalue weighted by molar-refractivity contribution is 7.90. The SMILES string of the molecule is CN1CCC(O)(CNc2ncc(S(C)(=O)=O)c(C3CCCNC3)n2)CC1. The molecule has 0 spiro atoms. The third-order valence-electron chi connectivity index (χ3n) is 5.36. The molecular weight excluding hydrogens is 354 g/mol. The number of aromatic nitrogens is 2. The minimum atomic E-state index is -3.39. The van der Waals surface area contributed by atoms with E-state index in [1.165, 1.54) is 12.5 Å². The number of rotatable bonds is 5. The van der Waals surface area contributed by atoms with Gasteiger partial charge in [-0.05, 0) is 39.3 Å². The van der Waals surface area contributed by atoms with Gasteiger partial charge in [0.15, 0.2) is 9.84 Å². The van der Waals surface area contributed by atoms with E-state index in [2.05, 4.69) is 25.5 Å². The van der Waals surface area contributed by atoms with E-state index in [-0.39, 0.29) is 10.8 Å². The first-order valence-electron chi connectivity index (χ1n) is 9.19. The summed E-state index contributed by atoms with van der Waals surface area (Å²) in [5.41, 5.74) is -0.203. The third-order valence-corrected chi connectivity index (χ3v) is 6.47. The first-order valence-corrected chi connectivity index (χ1v) is 11.1. The quantitative estimate of drug-likeness (QED) is 0.663. The van der Waals surface area contributed by atoms with Crippen LogP contribution in [0.1, 0.15) is 37.3 Å². The lowest BCUT2D eigenvalue weighted by molar-refractivity contribution is -0.00416. The topological polar surface area (TPSA) is 107 Å². The van der Waals surface area contributed by atoms with Crippen LogP contribution >= 0.6 is 0 Å². The molecule has 2 aliphatic heterocycles. The molecule has 0 radical (unpaired) electrons. The molecule has 8 nitrogen and oxygen atoms in total. The smallest absolute Gasteiger partial charge is 0.223 e. The average Bonchev–Trinajstić information content (AvgIpc) is 2.63. The van der Waals surface area contributed by atoms with Gasteiger partial charge in [0.25, 0.3) is 0 Å². The molecule has 3 heterocycles. The zero-order valence-electron chi connectivity index (χ0n) is 15.5. The van der Waals surface area contributed by atoms with Gasteiger partial charge < -0.3 is 20.6 Å². The molecule has 2 aliphatic rings. The number of piperidine rings is 2. The molecule has 9 heteroatoms. The summed E-state index contributed by atoms with van der Waals surface area (Å²) in [7, 11) is -1.34. The zero-order chi connectivity index (χ0) is 18.8. The van der Waals surface area contributed by atoms with Crippen LogP contribution in [0.15, 0.2) is 11.1 Å². The van der Waals surface area contributed by atoms with Gasteiger partial charge in [0, 0.05) is 38.4 Å². The summed E-state index contributed by atoms with van der Waals surface area (Å²) in [4.78, 5) is 11.1. The van der Waals surface area contributed by atoms with Crippen LogP contribution in [0.4, 0.5) is 5.95 Å². The Kier molecular flexibility index (Phi) is 5.81. The van der Waals surface area contributed by atoms with Crippen LogP contribution in [-0.4, -0.2) is 80.0 Å². The number of hydrogen-bond acceptors (Lipinski definition) is 8. The first-order chi connectivity index (χ1) is 12.3. The lowest BCUT2D eigenvalue weighted by atomic mass is 9.92. The van der Waals surface area contributed by atoms with E-state index in [1.54, 1.807) is 0 Å². The second-order valence-electron chi connectivity index (χ2n) is 7.64. The lowest BCUT2D eigenvalue weighted by Crippen LogP contribution is -2.47. The minimum absolute atomic E-state index is 0.0587. The molecular formula is C17H29N5O3S. The molecule has 0 aliphatic carbocycles. The second kappa shape index (κ2) is 7.75. The summed E-state index contributed by atoms with van der Waals surface area (Å²) in [5, 5.41) is 17.1. The number of hydrogen-bond donors (Lipinski definition) is 3. The van der Waals surface area contributed by atoms with Crippen molar-refractivity contribution in [3.63, 3.8) is 0 Å². The Bertz CT molecular complexity index is 726. The fraction of sp³-hybridized carbons (Fsp3) is 0.765. The van der Waals surface area contributed by atoms with Crippen molar-refractivity contribution in [3.05, 3.63) is 11.9 Å². The molecule has 0 aromatic carbocycles. The standard InChI is InChI=1S/C17H29N5O3S/c1-22-8-5-17(23,6-9-22)12-20-16-19-11-14(26(2,24)25)15(21-16)13-4-3-7-18-10-13/h11,13,18,23H,3-10,12H2,1-2H3,(H,19,20,21). The highest BCUT2D eigenvalue weighted by Crippen LogP contribution is 2.28. The molecule has 26 heavy (non-hydrogen) atoms. The van der Waals surface area contributed by atoms with Gasteiger partial charge in [-0.2, -0.15) is 0 Å². The van der Waals surface area contributed by atoms with Crippen molar-refractivity contribution >= 4 is 15.8 Å². The maximum absolute atomic E-state index is 12.1. The Balaban J connectivity index is 1.78. The average molecular weight is 384 g/mol. The molecule has 3 N–H and O–H groups in total. The number of nitrogens with one attached hydrogen (secondary N) is 2. The Morgan fingerprint density at radius 2 is 2.15 bits per heavy atom. The summed E-state index contributed by atoms with van der Waals surface area (Å²) in [6.07, 6.45) is 5.87. The van der Waals surface area contributed by atoms with E-state index < -0.39 is 15.4 Å². The zero-order valence-corrected chi connectivity index (χ0v) is 16.3. The van der Waals surface area contributed by atoms with Crippen LogP contribution in [0.25, 0.3) is 0 Å². The monoisotopic (exact) mass is 383 g/mol. The first kappa shape index (κ1) is 19.5. The fourth-order valence-electron chi connectivity index (χ4n) is 3.59. The molecule has 2 saturated heterocycles. The summed E-state index contributed by atoms with van der Waals surface area (Å²) in [5.74, 6) is 0.439. The van der Waals surface area contributed by atoms with Crippen LogP contribution in [-0.2, 0) is 9.84 Å². The van der Waals surface area contributed by atoms with Crippen LogP contribution < -0.4 is 10.6 Å². The number of nitrogens with zero attached hydrogens (tertiary/aromatic N) is 3. The van der Waals surface area contributed by atoms with E-state index in [0.717, 1.165) is 39.0 Å². The molecule has 1 aromatic heterocycles. The van der Waals surface area contributed by atoms with Gasteiger partial charge in [-0.25, -0.2) is 18.4 Å². The Hall–Kier alpha value is -1.29. The second-order valence-corrected chi connectivity index (χ2v) is 9.62. The Labute approximate surface area is 155 Å². The maximum atomic E-state index is 12.1. The third kappa shape index (κ3) is 4.70. The highest BCUT2D eigenvalue weighted by Gasteiger charge is 2.31. The molecule has 1 unspecified atom stereocenters. The van der Waals surface area contributed by atoms with Gasteiger partial charge in [-0.1, -0.05) is 0 Å². The molecule has 146 valence electrons. The lowest BCUT2D eigenvalue weighted by Gasteiger charge is -2.36. The summed E-state index contributed by atoms with van der Waals surface area (Å²) < 4.78 is 24.3. The van der Waals surface area contributed by atoms with E-state index in [0.29, 0.717) is 31.0 Å². The summed E-state index contributed by atoms with van der Waals surface area (Å²) >= 11 is 0. The summed E-state index contributed by atoms with van der Waals surface area (Å²) in [6.45, 7) is 3.73. The van der Waals surface area contributed by atoms with Gasteiger partial charge in [0.2, 0.25) is 5.95 Å². The van der Waals surface area contributed by atoms with E-state index in [4.69, 9.17) is 0 Å². The van der Waals surface area contributed by atoms with Crippen LogP contribution in [0, 0.1) is 0 Å². The molecule has 0 bridgehead atoms. The largest absolute Gasteiger partial charge is 0.388 e. The van der Waals surface area contributed by atoms with Crippen molar-refractivity contribution in [1.82, 2.24) is 20.2 Å². The van der Waals surface area contributed by atoms with Crippen molar-refractivity contribution in [1.29, 1.82) is 0 Å². The molecule has 0 saturated carbocycles. The van der Waals surface area contributed by atoms with E-state index in [1.807, 2.05) is 7.05 Å². The van der Waals surface area contributed by atoms with Crippen molar-refractivity contribution in [2.24, 2.45) is 0 Å². The van der Waals surface area contributed by atoms with Crippen molar-refractivity contribution < 1.29 is 13.5 Å². The van der Waals surface area contributed by atoms with Crippen molar-refractivity contribution in [3.8, 4) is 0 Å². The van der Waals surface area contributed by atoms with Gasteiger partial charge in [-0.15, -0.1) is 0 Å². The highest BCUT2D eigenvalue weighted by atomic mass is 32.2. The van der Waals surface area contributed by atoms with Crippen LogP contribution in [0.5, 0.6) is 0 Å². The number of sulfone groups is 1. The van der Waals surface area contributed by atoms with Gasteiger partial charge in [0.1, 0.15) is 4.90 Å². The molecule has 2 fully saturated rings. The molecule has 0 amide bonds. The molecule has 1 atom stereocenters. The predicted octanol–water partition coefficient (Wildman–Crippen LogP) is 0.216. The van der Waals surface area contributed by atoms with Crippen molar-refractivity contribution in [2.75, 3.05) is 51.3 Å². The fourth-order valence-corrected chi connectivity index (χ4v) is 4.42. The van der Waals surface area contributed by atoms with Crippen LogP contribution in [0.3, 0.4) is 0 Å². The Morgan fingerprint density at radius 3 is 2.77 bits per heavy atom. The molecule has 1 aromatic rings. The van der Waals surface area contributed by atoms with Gasteiger partial charge in [0.05, 0.1) is 17.5 Å². The van der Waals surface area contributed by atoms with E-state index >= 15 is 0 Å². The summed E-state index contributed by atoms with van der Waals surface area (Å²) in [6, 6.07) is 0. The number of aliphatic hydroxyl groups is 1. The number of anilines is 1. The van der Waals surface area contributed by atoms with Crippen LogP contribution in [0.2, 0.25) is 0 Å². The van der Waals surface area contributed by atoms with Gasteiger partial charge >= 0.3 is 0 Å². The minimum Gasteiger partial charge on any atom is -0.388 e. The maximum Gasteiger partial charge on any atom is 0.223 e.